The van der Waals surface area contributed by atoms with Gasteiger partial charge in [-0.15, -0.1) is 0 Å². The summed E-state index contributed by atoms with van der Waals surface area (Å²) >= 11 is 0. The molecular weight excluding hydrogens is 775 g/mol. The van der Waals surface area contributed by atoms with E-state index in [9.17, 15) is 9.59 Å². The molecule has 63 heavy (non-hydrogen) atoms. The van der Waals surface area contributed by atoms with E-state index >= 15 is 0 Å². The summed E-state index contributed by atoms with van der Waals surface area (Å²) in [7, 11) is 0. The second-order valence-corrected chi connectivity index (χ2v) is 20.2. The number of carboxylic acid groups (broad SMARTS) is 2. The second kappa shape index (κ2) is 20.0. The molecule has 0 radical (unpaired) electrons. The van der Waals surface area contributed by atoms with Crippen molar-refractivity contribution in [1.82, 2.24) is 0 Å². The van der Waals surface area contributed by atoms with Crippen LogP contribution in [0.3, 0.4) is 0 Å². The van der Waals surface area contributed by atoms with Gasteiger partial charge in [0.15, 0.2) is 0 Å². The van der Waals surface area contributed by atoms with Crippen LogP contribution in [0.25, 0.3) is 0 Å². The molecule has 0 bridgehead atoms. The highest BCUT2D eigenvalue weighted by atomic mass is 16.4. The SMILES string of the molecule is CC(C)(C)c1ccc(N2c3ccccc3B3c4cc(CCCCCCCCC(=O)O)ccc4N(c4ccc(C(C)(C)C)cc4)c4cc(CCCCCCCCC(=O)O)cc2c43)cc1. The molecule has 7 rings (SSSR count). The summed E-state index contributed by atoms with van der Waals surface area (Å²) in [6, 6.07) is 39.7. The molecule has 2 aliphatic rings. The van der Waals surface area contributed by atoms with E-state index in [0.29, 0.717) is 0 Å². The van der Waals surface area contributed by atoms with Crippen LogP contribution in [0.2, 0.25) is 0 Å². The van der Waals surface area contributed by atoms with Crippen LogP contribution in [0.1, 0.15) is 154 Å². The third-order valence-corrected chi connectivity index (χ3v) is 13.3. The van der Waals surface area contributed by atoms with Crippen molar-refractivity contribution in [3.63, 3.8) is 0 Å². The van der Waals surface area contributed by atoms with Gasteiger partial charge in [0.25, 0.3) is 6.71 Å². The van der Waals surface area contributed by atoms with Crippen molar-refractivity contribution in [3.8, 4) is 0 Å². The topological polar surface area (TPSA) is 81.1 Å². The first kappa shape index (κ1) is 45.7. The average Bonchev–Trinajstić information content (AvgIpc) is 3.24. The number of unbranched alkanes of at least 4 members (excludes halogenated alkanes) is 10. The van der Waals surface area contributed by atoms with E-state index < -0.39 is 11.9 Å². The summed E-state index contributed by atoms with van der Waals surface area (Å²) in [4.78, 5) is 27.1. The molecule has 0 saturated heterocycles. The lowest BCUT2D eigenvalue weighted by Crippen LogP contribution is -2.61. The van der Waals surface area contributed by atoms with Crippen molar-refractivity contribution in [2.45, 2.75) is 155 Å². The first-order chi connectivity index (χ1) is 30.2. The molecule has 0 amide bonds. The van der Waals surface area contributed by atoms with Crippen LogP contribution in [-0.4, -0.2) is 28.9 Å². The van der Waals surface area contributed by atoms with Gasteiger partial charge in [-0.3, -0.25) is 9.59 Å². The van der Waals surface area contributed by atoms with Crippen LogP contribution in [0, 0.1) is 0 Å². The number of para-hydroxylation sites is 1. The summed E-state index contributed by atoms with van der Waals surface area (Å²) in [5, 5.41) is 18.1. The van der Waals surface area contributed by atoms with E-state index in [0.717, 1.165) is 95.6 Å². The molecule has 5 aromatic rings. The lowest BCUT2D eigenvalue weighted by Gasteiger charge is -2.44. The molecule has 2 N–H and O–H groups in total. The minimum Gasteiger partial charge on any atom is -0.481 e. The maximum atomic E-state index is 11.0. The van der Waals surface area contributed by atoms with Gasteiger partial charge in [-0.05, 0) is 137 Å². The molecule has 0 fully saturated rings. The fourth-order valence-corrected chi connectivity index (χ4v) is 9.76. The zero-order chi connectivity index (χ0) is 44.7. The van der Waals surface area contributed by atoms with E-state index in [-0.39, 0.29) is 30.4 Å². The summed E-state index contributed by atoms with van der Waals surface area (Å²) < 4.78 is 0. The fourth-order valence-electron chi connectivity index (χ4n) is 9.76. The molecule has 7 heteroatoms. The van der Waals surface area contributed by atoms with Gasteiger partial charge < -0.3 is 20.0 Å². The van der Waals surface area contributed by atoms with Crippen LogP contribution < -0.4 is 26.2 Å². The lowest BCUT2D eigenvalue weighted by atomic mass is 9.33. The molecule has 0 atom stereocenters. The van der Waals surface area contributed by atoms with Gasteiger partial charge in [0.05, 0.1) is 0 Å². The molecule has 0 saturated carbocycles. The van der Waals surface area contributed by atoms with Crippen LogP contribution in [0.15, 0.2) is 103 Å². The third kappa shape index (κ3) is 10.9. The number of aryl methyl sites for hydroxylation is 2. The second-order valence-electron chi connectivity index (χ2n) is 20.2. The molecule has 0 unspecified atom stereocenters. The number of nitrogens with zero attached hydrogens (tertiary/aromatic N) is 2. The highest BCUT2D eigenvalue weighted by Crippen LogP contribution is 2.45. The molecule has 2 heterocycles. The monoisotopic (exact) mass is 845 g/mol. The number of carbonyl (C=O) groups is 2. The zero-order valence-electron chi connectivity index (χ0n) is 38.8. The lowest BCUT2D eigenvalue weighted by molar-refractivity contribution is -0.138. The standard InChI is InChI=1S/C56H69BN2O4/c1-55(2,3)42-28-32-44(33-29-42)58-48-24-20-19-23-46(48)57-47-37-40(21-15-11-7-9-13-17-25-52(60)61)27-36-49(47)59(45-34-30-43(31-35-45)56(4,5)6)51-39-41(38-50(58)54(51)57)22-16-12-8-10-14-18-26-53(62)63/h19-20,23-24,27-39H,7-18,21-22,25-26H2,1-6H3,(H,60,61)(H,62,63). The Bertz CT molecular complexity index is 2340. The number of fused-ring (bicyclic) bond motifs is 4. The number of hydrogen-bond acceptors (Lipinski definition) is 4. The van der Waals surface area contributed by atoms with Crippen molar-refractivity contribution in [1.29, 1.82) is 0 Å². The Morgan fingerprint density at radius 1 is 0.460 bits per heavy atom. The van der Waals surface area contributed by atoms with E-state index in [4.69, 9.17) is 10.2 Å². The smallest absolute Gasteiger partial charge is 0.303 e. The molecule has 330 valence electrons. The Kier molecular flexibility index (Phi) is 14.5. The number of hydrogen-bond donors (Lipinski definition) is 2. The largest absolute Gasteiger partial charge is 0.481 e. The molecular formula is C56H69BN2O4. The Labute approximate surface area is 377 Å². The van der Waals surface area contributed by atoms with Gasteiger partial charge in [-0.25, -0.2) is 0 Å². The normalized spacial score (nSPS) is 13.1. The van der Waals surface area contributed by atoms with Crippen LogP contribution in [0.4, 0.5) is 34.1 Å². The first-order valence-corrected chi connectivity index (χ1v) is 23.8. The van der Waals surface area contributed by atoms with Gasteiger partial charge in [-0.2, -0.15) is 0 Å². The Balaban J connectivity index is 1.31. The van der Waals surface area contributed by atoms with Crippen LogP contribution >= 0.6 is 0 Å². The molecule has 5 aromatic carbocycles. The Morgan fingerprint density at radius 2 is 0.889 bits per heavy atom. The number of aliphatic carboxylic acids is 2. The van der Waals surface area contributed by atoms with Gasteiger partial charge in [-0.1, -0.05) is 148 Å². The molecule has 2 aliphatic heterocycles. The quantitative estimate of drug-likeness (QED) is 0.0588. The van der Waals surface area contributed by atoms with Crippen molar-refractivity contribution < 1.29 is 19.8 Å². The van der Waals surface area contributed by atoms with Crippen LogP contribution in [-0.2, 0) is 33.3 Å². The maximum Gasteiger partial charge on any atom is 0.303 e. The highest BCUT2D eigenvalue weighted by molar-refractivity contribution is 7.00. The number of rotatable bonds is 20. The van der Waals surface area contributed by atoms with Gasteiger partial charge in [0.2, 0.25) is 0 Å². The predicted molar refractivity (Wildman–Crippen MR) is 265 cm³/mol. The first-order valence-electron chi connectivity index (χ1n) is 23.8. The van der Waals surface area contributed by atoms with Gasteiger partial charge >= 0.3 is 11.9 Å². The third-order valence-electron chi connectivity index (χ3n) is 13.3. The summed E-state index contributed by atoms with van der Waals surface area (Å²) in [5.74, 6) is -1.40. The van der Waals surface area contributed by atoms with Gasteiger partial charge in [0, 0.05) is 47.0 Å². The van der Waals surface area contributed by atoms with E-state index in [1.54, 1.807) is 0 Å². The van der Waals surface area contributed by atoms with E-state index in [2.05, 4.69) is 154 Å². The summed E-state index contributed by atoms with van der Waals surface area (Å²) in [6.07, 6.45) is 14.9. The van der Waals surface area contributed by atoms with Crippen LogP contribution in [0.5, 0.6) is 0 Å². The fraction of sp³-hybridized carbons (Fsp3) is 0.429. The van der Waals surface area contributed by atoms with Crippen molar-refractivity contribution in [3.05, 3.63) is 125 Å². The molecule has 6 nitrogen and oxygen atoms in total. The van der Waals surface area contributed by atoms with Crippen molar-refractivity contribution in [2.75, 3.05) is 9.80 Å². The van der Waals surface area contributed by atoms with Crippen molar-refractivity contribution in [2.24, 2.45) is 0 Å². The number of carboxylic acids is 2. The number of anilines is 6. The number of benzene rings is 5. The minimum absolute atomic E-state index is 0.0406. The molecule has 0 spiro atoms. The van der Waals surface area contributed by atoms with Crippen molar-refractivity contribution >= 4 is 69.2 Å². The van der Waals surface area contributed by atoms with E-state index in [1.807, 2.05) is 0 Å². The van der Waals surface area contributed by atoms with E-state index in [1.165, 1.54) is 67.1 Å². The predicted octanol–water partition coefficient (Wildman–Crippen LogP) is 13.1. The Morgan fingerprint density at radius 3 is 1.37 bits per heavy atom. The average molecular weight is 845 g/mol. The minimum atomic E-state index is -0.701. The zero-order valence-corrected chi connectivity index (χ0v) is 38.8. The summed E-state index contributed by atoms with van der Waals surface area (Å²) in [5.41, 5.74) is 16.7. The highest BCUT2D eigenvalue weighted by Gasteiger charge is 2.43. The summed E-state index contributed by atoms with van der Waals surface area (Å²) in [6.45, 7) is 13.7. The van der Waals surface area contributed by atoms with Gasteiger partial charge in [0.1, 0.15) is 0 Å². The maximum absolute atomic E-state index is 11.0. The molecule has 0 aliphatic carbocycles. The Hall–Kier alpha value is -5.30. The molecule has 0 aromatic heterocycles.